The third-order valence-electron chi connectivity index (χ3n) is 4.17. The van der Waals surface area contributed by atoms with E-state index < -0.39 is 0 Å². The largest absolute Gasteiger partial charge is 0.439 e. The summed E-state index contributed by atoms with van der Waals surface area (Å²) in [6.07, 6.45) is 3.68. The van der Waals surface area contributed by atoms with Gasteiger partial charge in [-0.3, -0.25) is 4.79 Å². The Kier molecular flexibility index (Phi) is 5.90. The molecule has 2 aromatic rings. The molecule has 1 aliphatic carbocycles. The number of aryl methyl sites for hydroxylation is 2. The lowest BCUT2D eigenvalue weighted by Gasteiger charge is -2.10. The topological polar surface area (TPSA) is 92.4 Å². The molecule has 3 N–H and O–H groups in total. The number of nitrogens with one attached hydrogen (secondary N) is 3. The summed E-state index contributed by atoms with van der Waals surface area (Å²) in [6, 6.07) is 9.59. The van der Waals surface area contributed by atoms with Crippen LogP contribution in [0.25, 0.3) is 0 Å². The number of urea groups is 1. The number of ether oxygens (including phenoxy) is 1. The van der Waals surface area contributed by atoms with Crippen molar-refractivity contribution < 1.29 is 14.3 Å². The third kappa shape index (κ3) is 5.99. The van der Waals surface area contributed by atoms with E-state index in [1.54, 1.807) is 12.3 Å². The molecule has 1 aliphatic rings. The first kappa shape index (κ1) is 18.7. The summed E-state index contributed by atoms with van der Waals surface area (Å²) in [4.78, 5) is 27.6. The molecule has 0 unspecified atom stereocenters. The Balaban J connectivity index is 1.43. The van der Waals surface area contributed by atoms with E-state index in [0.717, 1.165) is 35.3 Å². The predicted octanol–water partition coefficient (Wildman–Crippen LogP) is 2.57. The summed E-state index contributed by atoms with van der Waals surface area (Å²) in [7, 11) is 0. The lowest BCUT2D eigenvalue weighted by Crippen LogP contribution is -2.42. The fourth-order valence-electron chi connectivity index (χ4n) is 2.39. The van der Waals surface area contributed by atoms with E-state index in [-0.39, 0.29) is 24.5 Å². The minimum atomic E-state index is -0.303. The standard InChI is InChI=1S/C20H24N4O3/c1-13-3-4-14(2)17(9-13)27-19-8-5-15(11-22-19)10-21-18(25)12-23-20(26)24-16-6-7-16/h3-5,8-9,11,16H,6-7,10,12H2,1-2H3,(H,21,25)(H2,23,24,26). The summed E-state index contributed by atoms with van der Waals surface area (Å²) >= 11 is 0. The van der Waals surface area contributed by atoms with Crippen molar-refractivity contribution in [1.82, 2.24) is 20.9 Å². The fraction of sp³-hybridized carbons (Fsp3) is 0.350. The first-order chi connectivity index (χ1) is 13.0. The molecule has 0 spiro atoms. The summed E-state index contributed by atoms with van der Waals surface area (Å²) in [5, 5.41) is 8.05. The van der Waals surface area contributed by atoms with Crippen LogP contribution in [0.4, 0.5) is 4.79 Å². The van der Waals surface area contributed by atoms with Gasteiger partial charge in [0.05, 0.1) is 6.54 Å². The van der Waals surface area contributed by atoms with Crippen LogP contribution in [0.5, 0.6) is 11.6 Å². The summed E-state index contributed by atoms with van der Waals surface area (Å²) in [5.41, 5.74) is 3.01. The molecule has 7 nitrogen and oxygen atoms in total. The number of pyridine rings is 1. The molecule has 1 heterocycles. The van der Waals surface area contributed by atoms with E-state index in [4.69, 9.17) is 4.74 Å². The molecule has 3 rings (SSSR count). The molecule has 0 radical (unpaired) electrons. The molecule has 1 saturated carbocycles. The molecule has 1 aromatic carbocycles. The van der Waals surface area contributed by atoms with E-state index >= 15 is 0 Å². The molecular formula is C20H24N4O3. The number of aromatic nitrogens is 1. The second-order valence-corrected chi connectivity index (χ2v) is 6.75. The average molecular weight is 368 g/mol. The van der Waals surface area contributed by atoms with Crippen LogP contribution in [0.15, 0.2) is 36.5 Å². The fourth-order valence-corrected chi connectivity index (χ4v) is 2.39. The van der Waals surface area contributed by atoms with Crippen LogP contribution in [-0.4, -0.2) is 29.5 Å². The zero-order valence-corrected chi connectivity index (χ0v) is 15.5. The molecule has 0 saturated heterocycles. The van der Waals surface area contributed by atoms with Crippen molar-refractivity contribution in [2.45, 2.75) is 39.3 Å². The smallest absolute Gasteiger partial charge is 0.315 e. The van der Waals surface area contributed by atoms with Crippen LogP contribution in [0, 0.1) is 13.8 Å². The maximum absolute atomic E-state index is 11.8. The highest BCUT2D eigenvalue weighted by molar-refractivity contribution is 5.84. The molecule has 0 atom stereocenters. The first-order valence-electron chi connectivity index (χ1n) is 9.01. The Bertz CT molecular complexity index is 816. The molecular weight excluding hydrogens is 344 g/mol. The maximum Gasteiger partial charge on any atom is 0.315 e. The van der Waals surface area contributed by atoms with Crippen LogP contribution in [0.2, 0.25) is 0 Å². The second kappa shape index (κ2) is 8.53. The van der Waals surface area contributed by atoms with Crippen LogP contribution in [0.3, 0.4) is 0 Å². The monoisotopic (exact) mass is 368 g/mol. The van der Waals surface area contributed by atoms with E-state index in [1.165, 1.54) is 0 Å². The highest BCUT2D eigenvalue weighted by Crippen LogP contribution is 2.24. The molecule has 7 heteroatoms. The van der Waals surface area contributed by atoms with Crippen LogP contribution < -0.4 is 20.7 Å². The van der Waals surface area contributed by atoms with Crippen molar-refractivity contribution in [3.8, 4) is 11.6 Å². The van der Waals surface area contributed by atoms with Gasteiger partial charge in [0.2, 0.25) is 11.8 Å². The highest BCUT2D eigenvalue weighted by atomic mass is 16.5. The molecule has 1 aromatic heterocycles. The Morgan fingerprint density at radius 3 is 2.67 bits per heavy atom. The maximum atomic E-state index is 11.8. The van der Waals surface area contributed by atoms with Gasteiger partial charge in [-0.2, -0.15) is 0 Å². The van der Waals surface area contributed by atoms with Gasteiger partial charge >= 0.3 is 6.03 Å². The van der Waals surface area contributed by atoms with Gasteiger partial charge in [-0.1, -0.05) is 18.2 Å². The van der Waals surface area contributed by atoms with Gasteiger partial charge in [-0.15, -0.1) is 0 Å². The molecule has 142 valence electrons. The molecule has 1 fully saturated rings. The van der Waals surface area contributed by atoms with Crippen molar-refractivity contribution in [2.24, 2.45) is 0 Å². The number of nitrogens with zero attached hydrogens (tertiary/aromatic N) is 1. The highest BCUT2D eigenvalue weighted by Gasteiger charge is 2.23. The second-order valence-electron chi connectivity index (χ2n) is 6.75. The summed E-state index contributed by atoms with van der Waals surface area (Å²) in [6.45, 7) is 4.27. The number of rotatable bonds is 7. The van der Waals surface area contributed by atoms with Gasteiger partial charge in [0.1, 0.15) is 5.75 Å². The van der Waals surface area contributed by atoms with Crippen LogP contribution >= 0.6 is 0 Å². The van der Waals surface area contributed by atoms with Crippen molar-refractivity contribution in [1.29, 1.82) is 0 Å². The molecule has 0 aliphatic heterocycles. The van der Waals surface area contributed by atoms with Crippen molar-refractivity contribution in [3.63, 3.8) is 0 Å². The zero-order chi connectivity index (χ0) is 19.2. The third-order valence-corrected chi connectivity index (χ3v) is 4.17. The molecule has 0 bridgehead atoms. The number of carbonyl (C=O) groups excluding carboxylic acids is 2. The number of amides is 3. The van der Waals surface area contributed by atoms with E-state index in [9.17, 15) is 9.59 Å². The zero-order valence-electron chi connectivity index (χ0n) is 15.5. The van der Waals surface area contributed by atoms with Gasteiger partial charge in [0, 0.05) is 24.8 Å². The predicted molar refractivity (Wildman–Crippen MR) is 102 cm³/mol. The molecule has 3 amide bonds. The Morgan fingerprint density at radius 2 is 1.96 bits per heavy atom. The summed E-state index contributed by atoms with van der Waals surface area (Å²) < 4.78 is 5.82. The van der Waals surface area contributed by atoms with E-state index in [1.807, 2.05) is 38.1 Å². The first-order valence-corrected chi connectivity index (χ1v) is 9.01. The van der Waals surface area contributed by atoms with Crippen molar-refractivity contribution in [2.75, 3.05) is 6.54 Å². The van der Waals surface area contributed by atoms with Crippen molar-refractivity contribution in [3.05, 3.63) is 53.2 Å². The quantitative estimate of drug-likeness (QED) is 0.700. The minimum Gasteiger partial charge on any atom is -0.439 e. The SMILES string of the molecule is Cc1ccc(C)c(Oc2ccc(CNC(=O)CNC(=O)NC3CC3)cn2)c1. The number of benzene rings is 1. The Morgan fingerprint density at radius 1 is 1.15 bits per heavy atom. The average Bonchev–Trinajstić information content (AvgIpc) is 3.46. The number of hydrogen-bond donors (Lipinski definition) is 3. The minimum absolute atomic E-state index is 0.0557. The number of hydrogen-bond acceptors (Lipinski definition) is 4. The van der Waals surface area contributed by atoms with Crippen LogP contribution in [-0.2, 0) is 11.3 Å². The lowest BCUT2D eigenvalue weighted by atomic mass is 10.1. The Labute approximate surface area is 158 Å². The van der Waals surface area contributed by atoms with Gasteiger partial charge in [0.25, 0.3) is 0 Å². The lowest BCUT2D eigenvalue weighted by molar-refractivity contribution is -0.120. The van der Waals surface area contributed by atoms with Gasteiger partial charge in [-0.05, 0) is 49.4 Å². The number of carbonyl (C=O) groups is 2. The Hall–Kier alpha value is -3.09. The normalized spacial score (nSPS) is 13.0. The van der Waals surface area contributed by atoms with Crippen molar-refractivity contribution >= 4 is 11.9 Å². The van der Waals surface area contributed by atoms with Gasteiger partial charge in [0.15, 0.2) is 0 Å². The van der Waals surface area contributed by atoms with Gasteiger partial charge in [-0.25, -0.2) is 9.78 Å². The van der Waals surface area contributed by atoms with E-state index in [2.05, 4.69) is 20.9 Å². The van der Waals surface area contributed by atoms with Crippen LogP contribution in [0.1, 0.15) is 29.5 Å². The van der Waals surface area contributed by atoms with Gasteiger partial charge < -0.3 is 20.7 Å². The summed E-state index contributed by atoms with van der Waals surface area (Å²) in [5.74, 6) is 1.02. The molecule has 27 heavy (non-hydrogen) atoms. The van der Waals surface area contributed by atoms with E-state index in [0.29, 0.717) is 12.4 Å².